The molecule has 1 aromatic heterocycles. The van der Waals surface area contributed by atoms with Gasteiger partial charge >= 0.3 is 0 Å². The Morgan fingerprint density at radius 3 is 2.17 bits per heavy atom. The summed E-state index contributed by atoms with van der Waals surface area (Å²) >= 11 is 0. The molecule has 0 saturated heterocycles. The number of hydrogen-bond donors (Lipinski definition) is 3. The van der Waals surface area contributed by atoms with Gasteiger partial charge in [0.2, 0.25) is 11.8 Å². The van der Waals surface area contributed by atoms with Crippen molar-refractivity contribution in [3.8, 4) is 0 Å². The molecular formula is C41H63N7O5. The number of amides is 2. The molecule has 0 aliphatic carbocycles. The van der Waals surface area contributed by atoms with Crippen LogP contribution in [0.1, 0.15) is 75.0 Å². The second-order valence-corrected chi connectivity index (χ2v) is 13.6. The lowest BCUT2D eigenvalue weighted by molar-refractivity contribution is -0.122. The molecule has 3 rings (SSSR count). The highest BCUT2D eigenvalue weighted by atomic mass is 16.5. The fourth-order valence-electron chi connectivity index (χ4n) is 5.67. The summed E-state index contributed by atoms with van der Waals surface area (Å²) in [6, 6.07) is 16.6. The number of fused-ring (bicyclic) bond motifs is 1. The molecule has 292 valence electrons. The molecular weight excluding hydrogens is 670 g/mol. The fourth-order valence-corrected chi connectivity index (χ4v) is 5.67. The molecule has 0 fully saturated rings. The lowest BCUT2D eigenvalue weighted by atomic mass is 10.1. The molecule has 3 aromatic rings. The van der Waals surface area contributed by atoms with E-state index in [9.17, 15) is 9.59 Å². The van der Waals surface area contributed by atoms with Crippen molar-refractivity contribution in [3.05, 3.63) is 65.2 Å². The Kier molecular flexibility index (Phi) is 20.4. The molecule has 0 aliphatic heterocycles. The van der Waals surface area contributed by atoms with Crippen molar-refractivity contribution in [1.82, 2.24) is 20.5 Å². The lowest BCUT2D eigenvalue weighted by Crippen LogP contribution is -2.31. The Labute approximate surface area is 316 Å². The van der Waals surface area contributed by atoms with Crippen LogP contribution in [0.3, 0.4) is 0 Å². The molecule has 1 heterocycles. The largest absolute Gasteiger partial charge is 0.384 e. The first kappa shape index (κ1) is 43.3. The Bertz CT molecular complexity index is 1540. The number of nitrogens with zero attached hydrogens (tertiary/aromatic N) is 4. The van der Waals surface area contributed by atoms with Crippen LogP contribution in [0.4, 0.5) is 11.5 Å². The highest BCUT2D eigenvalue weighted by Crippen LogP contribution is 2.31. The number of nitrogens with two attached hydrogens (primary N) is 1. The van der Waals surface area contributed by atoms with Crippen molar-refractivity contribution < 1.29 is 23.8 Å². The zero-order chi connectivity index (χ0) is 38.3. The number of hydrogen-bond acceptors (Lipinski definition) is 9. The van der Waals surface area contributed by atoms with Gasteiger partial charge < -0.3 is 40.4 Å². The highest BCUT2D eigenvalue weighted by molar-refractivity contribution is 6.05. The van der Waals surface area contributed by atoms with Crippen LogP contribution in [-0.4, -0.2) is 101 Å². The molecule has 0 spiro atoms. The van der Waals surface area contributed by atoms with E-state index in [1.165, 1.54) is 0 Å². The van der Waals surface area contributed by atoms with Crippen molar-refractivity contribution in [2.24, 2.45) is 4.99 Å². The average Bonchev–Trinajstić information content (AvgIpc) is 3.14. The van der Waals surface area contributed by atoms with Crippen molar-refractivity contribution in [1.29, 1.82) is 0 Å². The van der Waals surface area contributed by atoms with Crippen molar-refractivity contribution in [2.75, 3.05) is 84.5 Å². The van der Waals surface area contributed by atoms with Crippen LogP contribution >= 0.6 is 0 Å². The number of nitrogen functional groups attached to an aromatic ring is 1. The minimum atomic E-state index is -0.0281. The third kappa shape index (κ3) is 17.1. The molecule has 12 heteroatoms. The maximum absolute atomic E-state index is 12.5. The van der Waals surface area contributed by atoms with Gasteiger partial charge in [0.25, 0.3) is 0 Å². The first-order valence-electron chi connectivity index (χ1n) is 19.1. The Hall–Kier alpha value is -4.10. The van der Waals surface area contributed by atoms with Crippen LogP contribution in [0.15, 0.2) is 53.5 Å². The summed E-state index contributed by atoms with van der Waals surface area (Å²) in [7, 11) is 5.75. The standard InChI is InChI=1S/C41H63N7O5/c1-6-7-11-39(43-3)48(37-29-38(42)46-36-28-32(2)12-17-35(36)37)31-34-15-13-33(14-16-34)30-45-41(50)19-24-51-22-9-8-10-23-52-26-27-53-25-20-44-40(49)18-21-47(4)5/h12-17,28-29H,6-11,18-27,30-31H2,1-5H3,(H2,42,46)(H,44,49)(H,45,50). The van der Waals surface area contributed by atoms with Gasteiger partial charge in [-0.1, -0.05) is 49.7 Å². The quantitative estimate of drug-likeness (QED) is 0.0542. The van der Waals surface area contributed by atoms with Gasteiger partial charge in [-0.05, 0) is 69.5 Å². The van der Waals surface area contributed by atoms with Crippen LogP contribution in [0.25, 0.3) is 10.9 Å². The number of ether oxygens (including phenoxy) is 3. The van der Waals surface area contributed by atoms with E-state index in [1.54, 1.807) is 0 Å². The SMILES string of the molecule is CCCCC(=NC)N(Cc1ccc(CNC(=O)CCOCCCCCOCCOCCNC(=O)CCN(C)C)cc1)c1cc(N)nc2cc(C)ccc12. The number of anilines is 2. The van der Waals surface area contributed by atoms with E-state index in [0.717, 1.165) is 84.2 Å². The van der Waals surface area contributed by atoms with Gasteiger partial charge in [0.15, 0.2) is 0 Å². The number of unbranched alkanes of at least 4 members (excludes halogenated alkanes) is 3. The number of carbonyl (C=O) groups excluding carboxylic acids is 2. The minimum Gasteiger partial charge on any atom is -0.384 e. The maximum Gasteiger partial charge on any atom is 0.222 e. The summed E-state index contributed by atoms with van der Waals surface area (Å²) in [5, 5.41) is 6.90. The maximum atomic E-state index is 12.5. The summed E-state index contributed by atoms with van der Waals surface area (Å²) in [6.45, 7) is 9.83. The summed E-state index contributed by atoms with van der Waals surface area (Å²) < 4.78 is 16.8. The number of nitrogens with one attached hydrogen (secondary N) is 2. The van der Waals surface area contributed by atoms with Crippen LogP contribution in [0.2, 0.25) is 0 Å². The second kappa shape index (κ2) is 25.0. The van der Waals surface area contributed by atoms with E-state index in [-0.39, 0.29) is 11.8 Å². The van der Waals surface area contributed by atoms with Gasteiger partial charge in [0.1, 0.15) is 11.7 Å². The third-order valence-corrected chi connectivity index (χ3v) is 8.71. The highest BCUT2D eigenvalue weighted by Gasteiger charge is 2.18. The molecule has 0 aliphatic rings. The van der Waals surface area contributed by atoms with Crippen molar-refractivity contribution >= 4 is 40.1 Å². The van der Waals surface area contributed by atoms with Crippen LogP contribution in [-0.2, 0) is 36.9 Å². The smallest absolute Gasteiger partial charge is 0.222 e. The van der Waals surface area contributed by atoms with Crippen molar-refractivity contribution in [2.45, 2.75) is 78.3 Å². The number of aryl methyl sites for hydroxylation is 1. The van der Waals surface area contributed by atoms with Crippen LogP contribution in [0, 0.1) is 6.92 Å². The number of rotatable bonds is 26. The predicted octanol–water partition coefficient (Wildman–Crippen LogP) is 5.64. The van der Waals surface area contributed by atoms with Gasteiger partial charge in [-0.15, -0.1) is 0 Å². The molecule has 0 bridgehead atoms. The Morgan fingerprint density at radius 2 is 1.47 bits per heavy atom. The first-order valence-corrected chi connectivity index (χ1v) is 19.1. The predicted molar refractivity (Wildman–Crippen MR) is 215 cm³/mol. The normalized spacial score (nSPS) is 11.7. The lowest BCUT2D eigenvalue weighted by Gasteiger charge is -2.28. The Balaban J connectivity index is 1.30. The molecule has 53 heavy (non-hydrogen) atoms. The number of carbonyl (C=O) groups is 2. The van der Waals surface area contributed by atoms with E-state index in [2.05, 4.69) is 76.8 Å². The number of benzene rings is 2. The molecule has 12 nitrogen and oxygen atoms in total. The van der Waals surface area contributed by atoms with E-state index in [0.29, 0.717) is 77.9 Å². The van der Waals surface area contributed by atoms with E-state index >= 15 is 0 Å². The second-order valence-electron chi connectivity index (χ2n) is 13.6. The molecule has 0 atom stereocenters. The minimum absolute atomic E-state index is 0.0281. The van der Waals surface area contributed by atoms with Crippen LogP contribution < -0.4 is 21.3 Å². The van der Waals surface area contributed by atoms with E-state index in [4.69, 9.17) is 24.9 Å². The Morgan fingerprint density at radius 1 is 0.792 bits per heavy atom. The fraction of sp³-hybridized carbons (Fsp3) is 0.561. The van der Waals surface area contributed by atoms with E-state index < -0.39 is 0 Å². The van der Waals surface area contributed by atoms with Gasteiger partial charge in [-0.25, -0.2) is 4.98 Å². The van der Waals surface area contributed by atoms with Crippen LogP contribution in [0.5, 0.6) is 0 Å². The monoisotopic (exact) mass is 733 g/mol. The third-order valence-electron chi connectivity index (χ3n) is 8.71. The summed E-state index contributed by atoms with van der Waals surface area (Å²) in [4.78, 5) is 37.7. The number of aliphatic imine (C=N–C) groups is 1. The average molecular weight is 734 g/mol. The molecule has 2 amide bonds. The van der Waals surface area contributed by atoms with Gasteiger partial charge in [0, 0.05) is 77.2 Å². The van der Waals surface area contributed by atoms with Gasteiger partial charge in [-0.3, -0.25) is 14.6 Å². The number of pyridine rings is 1. The number of aromatic nitrogens is 1. The van der Waals surface area contributed by atoms with E-state index in [1.807, 2.05) is 32.1 Å². The molecule has 0 saturated carbocycles. The zero-order valence-electron chi connectivity index (χ0n) is 32.8. The van der Waals surface area contributed by atoms with Gasteiger partial charge in [-0.2, -0.15) is 0 Å². The first-order chi connectivity index (χ1) is 25.7. The molecule has 4 N–H and O–H groups in total. The molecule has 0 radical (unpaired) electrons. The number of amidine groups is 1. The van der Waals surface area contributed by atoms with Gasteiger partial charge in [0.05, 0.1) is 37.6 Å². The molecule has 0 unspecified atom stereocenters. The summed E-state index contributed by atoms with van der Waals surface area (Å²) in [5.74, 6) is 1.51. The molecule has 2 aromatic carbocycles. The summed E-state index contributed by atoms with van der Waals surface area (Å²) in [5.41, 5.74) is 11.5. The van der Waals surface area contributed by atoms with Crippen molar-refractivity contribution in [3.63, 3.8) is 0 Å². The zero-order valence-corrected chi connectivity index (χ0v) is 32.8. The topological polar surface area (TPSA) is 144 Å². The summed E-state index contributed by atoms with van der Waals surface area (Å²) in [6.07, 6.45) is 6.68.